The molecule has 8 nitrogen and oxygen atoms in total. The van der Waals surface area contributed by atoms with Crippen LogP contribution in [0.5, 0.6) is 0 Å². The lowest BCUT2D eigenvalue weighted by Gasteiger charge is -2.40. The predicted octanol–water partition coefficient (Wildman–Crippen LogP) is 7.15. The first-order valence-corrected chi connectivity index (χ1v) is 23.1. The van der Waals surface area contributed by atoms with Gasteiger partial charge in [0.05, 0.1) is 25.4 Å². The third kappa shape index (κ3) is 6.23. The molecule has 2 aromatic rings. The molecule has 0 aromatic carbocycles. The van der Waals surface area contributed by atoms with Crippen LogP contribution in [0.3, 0.4) is 0 Å². The number of hydrogen-bond donors (Lipinski definition) is 0. The fourth-order valence-corrected chi connectivity index (χ4v) is 8.15. The van der Waals surface area contributed by atoms with Gasteiger partial charge in [-0.2, -0.15) is 0 Å². The van der Waals surface area contributed by atoms with Crippen LogP contribution >= 0.6 is 0 Å². The van der Waals surface area contributed by atoms with Crippen molar-refractivity contribution < 1.29 is 13.6 Å². The van der Waals surface area contributed by atoms with Gasteiger partial charge in [0, 0.05) is 6.42 Å². The molecule has 0 saturated carbocycles. The molecule has 0 spiro atoms. The molecular formula is C28H54N4O4Si3. The van der Waals surface area contributed by atoms with Crippen molar-refractivity contribution in [1.82, 2.24) is 18.8 Å². The predicted molar refractivity (Wildman–Crippen MR) is 168 cm³/mol. The lowest BCUT2D eigenvalue weighted by atomic mass is 10.2. The first kappa shape index (κ1) is 32.4. The maximum Gasteiger partial charge on any atom is 0.273 e. The van der Waals surface area contributed by atoms with Crippen molar-refractivity contribution in [3.8, 4) is 0 Å². The maximum atomic E-state index is 13.6. The fourth-order valence-electron chi connectivity index (χ4n) is 4.09. The monoisotopic (exact) mass is 594 g/mol. The van der Waals surface area contributed by atoms with Crippen LogP contribution in [0.1, 0.15) is 75.0 Å². The molecular weight excluding hydrogens is 541 g/mol. The highest BCUT2D eigenvalue weighted by molar-refractivity contribution is 6.78. The standard InChI is InChI=1S/C28H54N4O4Si3/c1-26(2,3)37(10,11)32-19-30-24-23(25(32)33)29-18-31(24)22-16-20(36-39(14,15)28(7,8)9)21(35-22)17-34-38(12,13)27(4,5)6/h18-22H,16-17H2,1-15H3. The van der Waals surface area contributed by atoms with Gasteiger partial charge in [-0.05, 0) is 41.3 Å². The van der Waals surface area contributed by atoms with E-state index in [0.717, 1.165) is 0 Å². The van der Waals surface area contributed by atoms with Gasteiger partial charge in [-0.25, -0.2) is 9.97 Å². The molecule has 1 fully saturated rings. The molecule has 0 bridgehead atoms. The Bertz CT molecular complexity index is 1230. The molecule has 0 radical (unpaired) electrons. The second-order valence-electron chi connectivity index (χ2n) is 15.9. The number of aromatic nitrogens is 4. The molecule has 3 heterocycles. The number of ether oxygens (including phenoxy) is 1. The van der Waals surface area contributed by atoms with E-state index >= 15 is 0 Å². The van der Waals surface area contributed by atoms with Gasteiger partial charge >= 0.3 is 0 Å². The largest absolute Gasteiger partial charge is 0.414 e. The van der Waals surface area contributed by atoms with Crippen molar-refractivity contribution in [2.75, 3.05) is 6.61 Å². The van der Waals surface area contributed by atoms with Gasteiger partial charge in [-0.3, -0.25) is 9.36 Å². The van der Waals surface area contributed by atoms with Crippen LogP contribution in [-0.4, -0.2) is 62.5 Å². The second-order valence-corrected chi connectivity index (χ2v) is 30.6. The number of nitrogens with zero attached hydrogens (tertiary/aromatic N) is 4. The molecule has 0 aliphatic carbocycles. The summed E-state index contributed by atoms with van der Waals surface area (Å²) in [6, 6.07) is 0. The second kappa shape index (κ2) is 10.3. The van der Waals surface area contributed by atoms with Crippen molar-refractivity contribution in [3.63, 3.8) is 0 Å². The Balaban J connectivity index is 1.97. The Morgan fingerprint density at radius 1 is 0.872 bits per heavy atom. The van der Waals surface area contributed by atoms with Crippen molar-refractivity contribution in [3.05, 3.63) is 23.0 Å². The minimum absolute atomic E-state index is 0.00497. The summed E-state index contributed by atoms with van der Waals surface area (Å²) in [4.78, 5) is 22.9. The van der Waals surface area contributed by atoms with E-state index in [1.165, 1.54) is 0 Å². The van der Waals surface area contributed by atoms with E-state index in [-0.39, 0.29) is 39.1 Å². The van der Waals surface area contributed by atoms with Crippen LogP contribution in [0.15, 0.2) is 17.4 Å². The molecule has 222 valence electrons. The van der Waals surface area contributed by atoms with Gasteiger partial charge in [0.15, 0.2) is 36.0 Å². The topological polar surface area (TPSA) is 80.4 Å². The first-order valence-electron chi connectivity index (χ1n) is 14.3. The first-order chi connectivity index (χ1) is 17.4. The molecule has 1 aliphatic heterocycles. The summed E-state index contributed by atoms with van der Waals surface area (Å²) in [6.45, 7) is 34.1. The van der Waals surface area contributed by atoms with Gasteiger partial charge in [-0.1, -0.05) is 75.4 Å². The summed E-state index contributed by atoms with van der Waals surface area (Å²) in [6.07, 6.45) is 3.45. The Morgan fingerprint density at radius 2 is 1.44 bits per heavy atom. The normalized spacial score (nSPS) is 22.2. The third-order valence-electron chi connectivity index (χ3n) is 10.1. The highest BCUT2D eigenvalue weighted by atomic mass is 28.4. The quantitative estimate of drug-likeness (QED) is 0.317. The minimum atomic E-state index is -2.14. The lowest BCUT2D eigenvalue weighted by molar-refractivity contribution is -0.0383. The molecule has 1 aliphatic rings. The summed E-state index contributed by atoms with van der Waals surface area (Å²) >= 11 is 0. The average Bonchev–Trinajstić information content (AvgIpc) is 3.34. The van der Waals surface area contributed by atoms with E-state index in [2.05, 4.69) is 107 Å². The van der Waals surface area contributed by atoms with Crippen LogP contribution in [0.25, 0.3) is 11.2 Å². The molecule has 39 heavy (non-hydrogen) atoms. The summed E-state index contributed by atoms with van der Waals surface area (Å²) < 4.78 is 24.0. The number of fused-ring (bicyclic) bond motifs is 1. The van der Waals surface area contributed by atoms with Gasteiger partial charge in [0.25, 0.3) is 5.56 Å². The van der Waals surface area contributed by atoms with E-state index in [0.29, 0.717) is 24.2 Å². The zero-order valence-corrected chi connectivity index (χ0v) is 30.2. The number of hydrogen-bond acceptors (Lipinski definition) is 6. The van der Waals surface area contributed by atoms with E-state index in [4.69, 9.17) is 18.6 Å². The maximum absolute atomic E-state index is 13.6. The Labute approximate surface area is 239 Å². The summed E-state index contributed by atoms with van der Waals surface area (Å²) in [5, 5.41) is 0.179. The van der Waals surface area contributed by atoms with Gasteiger partial charge in [0.2, 0.25) is 0 Å². The summed E-state index contributed by atoms with van der Waals surface area (Å²) in [5.74, 6) is 0. The van der Waals surface area contributed by atoms with Crippen LogP contribution in [0.4, 0.5) is 0 Å². The zero-order valence-electron chi connectivity index (χ0n) is 27.2. The van der Waals surface area contributed by atoms with Crippen LogP contribution in [-0.2, 0) is 13.6 Å². The minimum Gasteiger partial charge on any atom is -0.414 e. The van der Waals surface area contributed by atoms with Gasteiger partial charge in [0.1, 0.15) is 12.3 Å². The molecule has 0 N–H and O–H groups in total. The van der Waals surface area contributed by atoms with E-state index < -0.39 is 24.9 Å². The third-order valence-corrected chi connectivity index (χ3v) is 24.3. The Kier molecular flexibility index (Phi) is 8.56. The van der Waals surface area contributed by atoms with E-state index in [9.17, 15) is 4.79 Å². The molecule has 3 rings (SSSR count). The number of rotatable bonds is 7. The smallest absolute Gasteiger partial charge is 0.273 e. The Hall–Kier alpha value is -1.12. The van der Waals surface area contributed by atoms with Gasteiger partial charge in [-0.15, -0.1) is 0 Å². The lowest BCUT2D eigenvalue weighted by Crippen LogP contribution is -2.51. The molecule has 3 atom stereocenters. The zero-order chi connectivity index (χ0) is 30.0. The SMILES string of the molecule is CC(C)(C)[Si](C)(C)OCC1OC(n2cnc3c(=O)n([Si](C)(C)C(C)(C)C)cnc32)CC1O[Si](C)(C)C(C)(C)C. The highest BCUT2D eigenvalue weighted by Crippen LogP contribution is 2.43. The molecule has 3 unspecified atom stereocenters. The van der Waals surface area contributed by atoms with Crippen molar-refractivity contribution >= 4 is 36.0 Å². The van der Waals surface area contributed by atoms with Crippen LogP contribution in [0.2, 0.25) is 54.4 Å². The van der Waals surface area contributed by atoms with Crippen LogP contribution in [0, 0.1) is 0 Å². The van der Waals surface area contributed by atoms with Crippen molar-refractivity contribution in [2.45, 2.75) is 142 Å². The fraction of sp³-hybridized carbons (Fsp3) is 0.821. The van der Waals surface area contributed by atoms with Crippen LogP contribution < -0.4 is 5.56 Å². The molecule has 2 aromatic heterocycles. The molecule has 0 amide bonds. The Morgan fingerprint density at radius 3 is 1.95 bits per heavy atom. The number of imidazole rings is 1. The summed E-state index contributed by atoms with van der Waals surface area (Å²) in [7, 11) is -6.18. The van der Waals surface area contributed by atoms with E-state index in [1.54, 1.807) is 12.7 Å². The molecule has 11 heteroatoms. The van der Waals surface area contributed by atoms with E-state index in [1.807, 2.05) is 8.80 Å². The van der Waals surface area contributed by atoms with Crippen molar-refractivity contribution in [1.29, 1.82) is 0 Å². The highest BCUT2D eigenvalue weighted by Gasteiger charge is 2.47. The average molecular weight is 595 g/mol. The van der Waals surface area contributed by atoms with Crippen molar-refractivity contribution in [2.24, 2.45) is 0 Å². The summed E-state index contributed by atoms with van der Waals surface area (Å²) in [5.41, 5.74) is 0.890. The molecule has 1 saturated heterocycles. The van der Waals surface area contributed by atoms with Gasteiger partial charge < -0.3 is 17.8 Å².